The van der Waals surface area contributed by atoms with Crippen LogP contribution in [0.15, 0.2) is 35.3 Å². The van der Waals surface area contributed by atoms with Crippen molar-refractivity contribution >= 4 is 5.96 Å². The number of rotatable bonds is 9. The summed E-state index contributed by atoms with van der Waals surface area (Å²) in [6.07, 6.45) is -5.05. The number of halogens is 3. The van der Waals surface area contributed by atoms with Gasteiger partial charge in [0.1, 0.15) is 0 Å². The fourth-order valence-electron chi connectivity index (χ4n) is 2.61. The van der Waals surface area contributed by atoms with Crippen molar-refractivity contribution in [3.05, 3.63) is 35.9 Å². The molecule has 0 heterocycles. The second-order valence-electron chi connectivity index (χ2n) is 5.66. The van der Waals surface area contributed by atoms with Crippen molar-refractivity contribution in [1.82, 2.24) is 15.5 Å². The Kier molecular flexibility index (Phi) is 9.34. The van der Waals surface area contributed by atoms with Crippen molar-refractivity contribution in [2.45, 2.75) is 39.4 Å². The van der Waals surface area contributed by atoms with Gasteiger partial charge in [0, 0.05) is 13.1 Å². The highest BCUT2D eigenvalue weighted by Crippen LogP contribution is 2.21. The van der Waals surface area contributed by atoms with Crippen LogP contribution in [0.1, 0.15) is 38.8 Å². The van der Waals surface area contributed by atoms with E-state index in [1.165, 1.54) is 0 Å². The number of benzene rings is 1. The van der Waals surface area contributed by atoms with E-state index in [4.69, 9.17) is 0 Å². The molecule has 1 rings (SSSR count). The Morgan fingerprint density at radius 1 is 1.08 bits per heavy atom. The normalized spacial score (nSPS) is 13.8. The number of likely N-dealkylation sites (N-methyl/N-ethyl adjacent to an activating group) is 1. The van der Waals surface area contributed by atoms with Crippen LogP contribution in [0.2, 0.25) is 0 Å². The quantitative estimate of drug-likeness (QED) is 0.524. The highest BCUT2D eigenvalue weighted by atomic mass is 19.4. The lowest BCUT2D eigenvalue weighted by Gasteiger charge is -2.29. The number of aliphatic imine (C=N–C) groups is 1. The van der Waals surface area contributed by atoms with Crippen molar-refractivity contribution < 1.29 is 13.2 Å². The van der Waals surface area contributed by atoms with Crippen LogP contribution >= 0.6 is 0 Å². The maximum atomic E-state index is 12.3. The third-order valence-corrected chi connectivity index (χ3v) is 3.90. The predicted octanol–water partition coefficient (Wildman–Crippen LogP) is 3.58. The Morgan fingerprint density at radius 3 is 2.24 bits per heavy atom. The van der Waals surface area contributed by atoms with Crippen LogP contribution in [0.25, 0.3) is 0 Å². The van der Waals surface area contributed by atoms with Gasteiger partial charge in [0.25, 0.3) is 0 Å². The SMILES string of the molecule is CCNC(=NCC(c1ccccc1)N(CC)CC)NCCC(F)(F)F. The zero-order valence-electron chi connectivity index (χ0n) is 15.2. The van der Waals surface area contributed by atoms with Gasteiger partial charge < -0.3 is 10.6 Å². The van der Waals surface area contributed by atoms with E-state index in [1.54, 1.807) is 0 Å². The highest BCUT2D eigenvalue weighted by Gasteiger charge is 2.26. The summed E-state index contributed by atoms with van der Waals surface area (Å²) in [6.45, 7) is 8.72. The van der Waals surface area contributed by atoms with E-state index in [2.05, 4.69) is 46.5 Å². The topological polar surface area (TPSA) is 39.7 Å². The minimum Gasteiger partial charge on any atom is -0.357 e. The van der Waals surface area contributed by atoms with Crippen LogP contribution in [0.5, 0.6) is 0 Å². The largest absolute Gasteiger partial charge is 0.390 e. The molecule has 1 aromatic rings. The first kappa shape index (κ1) is 21.3. The number of nitrogens with one attached hydrogen (secondary N) is 2. The van der Waals surface area contributed by atoms with Gasteiger partial charge in [-0.15, -0.1) is 0 Å². The maximum Gasteiger partial charge on any atom is 0.390 e. The molecule has 1 aromatic carbocycles. The van der Waals surface area contributed by atoms with Gasteiger partial charge in [-0.2, -0.15) is 13.2 Å². The number of hydrogen-bond donors (Lipinski definition) is 2. The molecule has 2 N–H and O–H groups in total. The molecule has 0 bridgehead atoms. The summed E-state index contributed by atoms with van der Waals surface area (Å²) < 4.78 is 37.0. The summed E-state index contributed by atoms with van der Waals surface area (Å²) in [7, 11) is 0. The Morgan fingerprint density at radius 2 is 1.72 bits per heavy atom. The molecular formula is C18H29F3N4. The van der Waals surface area contributed by atoms with Crippen molar-refractivity contribution in [2.75, 3.05) is 32.7 Å². The monoisotopic (exact) mass is 358 g/mol. The van der Waals surface area contributed by atoms with E-state index in [1.807, 2.05) is 25.1 Å². The Balaban J connectivity index is 2.82. The van der Waals surface area contributed by atoms with Gasteiger partial charge in [0.05, 0.1) is 19.0 Å². The van der Waals surface area contributed by atoms with E-state index >= 15 is 0 Å². The molecular weight excluding hydrogens is 329 g/mol. The zero-order valence-corrected chi connectivity index (χ0v) is 15.2. The first-order chi connectivity index (χ1) is 11.9. The minimum atomic E-state index is -4.17. The number of guanidine groups is 1. The van der Waals surface area contributed by atoms with Crippen LogP contribution in [-0.2, 0) is 0 Å². The molecule has 1 unspecified atom stereocenters. The Hall–Kier alpha value is -1.76. The summed E-state index contributed by atoms with van der Waals surface area (Å²) in [5, 5.41) is 5.76. The van der Waals surface area contributed by atoms with Crippen molar-refractivity contribution in [1.29, 1.82) is 0 Å². The van der Waals surface area contributed by atoms with E-state index in [0.29, 0.717) is 19.0 Å². The summed E-state index contributed by atoms with van der Waals surface area (Å²) in [5.74, 6) is 0.417. The molecule has 0 aromatic heterocycles. The smallest absolute Gasteiger partial charge is 0.357 e. The first-order valence-electron chi connectivity index (χ1n) is 8.79. The van der Waals surface area contributed by atoms with Gasteiger partial charge in [-0.3, -0.25) is 9.89 Å². The van der Waals surface area contributed by atoms with Gasteiger partial charge in [-0.1, -0.05) is 44.2 Å². The van der Waals surface area contributed by atoms with Gasteiger partial charge >= 0.3 is 6.18 Å². The number of hydrogen-bond acceptors (Lipinski definition) is 2. The van der Waals surface area contributed by atoms with Crippen molar-refractivity contribution in [3.63, 3.8) is 0 Å². The second kappa shape index (κ2) is 11.0. The summed E-state index contributed by atoms with van der Waals surface area (Å²) in [6, 6.07) is 10.2. The number of nitrogens with zero attached hydrogens (tertiary/aromatic N) is 2. The highest BCUT2D eigenvalue weighted by molar-refractivity contribution is 5.79. The molecule has 25 heavy (non-hydrogen) atoms. The molecule has 7 heteroatoms. The number of alkyl halides is 3. The second-order valence-corrected chi connectivity index (χ2v) is 5.66. The lowest BCUT2D eigenvalue weighted by Crippen LogP contribution is -2.40. The maximum absolute atomic E-state index is 12.3. The van der Waals surface area contributed by atoms with Crippen molar-refractivity contribution in [3.8, 4) is 0 Å². The van der Waals surface area contributed by atoms with Crippen LogP contribution in [0, 0.1) is 0 Å². The van der Waals surface area contributed by atoms with Crippen LogP contribution in [-0.4, -0.2) is 49.8 Å². The van der Waals surface area contributed by atoms with Gasteiger partial charge in [-0.05, 0) is 25.6 Å². The fourth-order valence-corrected chi connectivity index (χ4v) is 2.61. The van der Waals surface area contributed by atoms with Gasteiger partial charge in [-0.25, -0.2) is 0 Å². The summed E-state index contributed by atoms with van der Waals surface area (Å²) in [4.78, 5) is 6.80. The molecule has 0 saturated carbocycles. The molecule has 0 aliphatic rings. The Bertz CT molecular complexity index is 499. The third-order valence-electron chi connectivity index (χ3n) is 3.90. The van der Waals surface area contributed by atoms with Crippen LogP contribution in [0.4, 0.5) is 13.2 Å². The average molecular weight is 358 g/mol. The molecule has 1 atom stereocenters. The van der Waals surface area contributed by atoms with Gasteiger partial charge in [0.2, 0.25) is 0 Å². The third kappa shape index (κ3) is 8.25. The molecule has 0 aliphatic carbocycles. The molecule has 4 nitrogen and oxygen atoms in total. The van der Waals surface area contributed by atoms with Crippen LogP contribution in [0.3, 0.4) is 0 Å². The van der Waals surface area contributed by atoms with Crippen molar-refractivity contribution in [2.24, 2.45) is 4.99 Å². The molecule has 0 aliphatic heterocycles. The van der Waals surface area contributed by atoms with E-state index < -0.39 is 12.6 Å². The molecule has 0 amide bonds. The molecule has 142 valence electrons. The van der Waals surface area contributed by atoms with E-state index in [-0.39, 0.29) is 12.6 Å². The summed E-state index contributed by atoms with van der Waals surface area (Å²) in [5.41, 5.74) is 1.15. The average Bonchev–Trinajstić information content (AvgIpc) is 2.58. The standard InChI is InChI=1S/C18H29F3N4/c1-4-22-17(23-13-12-18(19,20)21)24-14-16(25(5-2)6-3)15-10-8-7-9-11-15/h7-11,16H,4-6,12-14H2,1-3H3,(H2,22,23,24). The molecule has 0 spiro atoms. The first-order valence-corrected chi connectivity index (χ1v) is 8.79. The van der Waals surface area contributed by atoms with E-state index in [0.717, 1.165) is 18.7 Å². The molecule has 0 radical (unpaired) electrons. The van der Waals surface area contributed by atoms with Gasteiger partial charge in [0.15, 0.2) is 5.96 Å². The summed E-state index contributed by atoms with van der Waals surface area (Å²) >= 11 is 0. The Labute approximate surface area is 148 Å². The molecule has 0 saturated heterocycles. The lowest BCUT2D eigenvalue weighted by molar-refractivity contribution is -0.132. The zero-order chi connectivity index (χ0) is 18.7. The van der Waals surface area contributed by atoms with E-state index in [9.17, 15) is 13.2 Å². The minimum absolute atomic E-state index is 0.0919. The lowest BCUT2D eigenvalue weighted by atomic mass is 10.1. The molecule has 0 fully saturated rings. The van der Waals surface area contributed by atoms with Crippen LogP contribution < -0.4 is 10.6 Å². The predicted molar refractivity (Wildman–Crippen MR) is 96.8 cm³/mol. The fraction of sp³-hybridized carbons (Fsp3) is 0.611.